The Balaban J connectivity index is 1.63. The van der Waals surface area contributed by atoms with Crippen molar-refractivity contribution in [3.8, 4) is 0 Å². The van der Waals surface area contributed by atoms with E-state index in [-0.39, 0.29) is 0 Å². The number of aromatic nitrogens is 3. The molecule has 5 heteroatoms. The molecule has 0 bridgehead atoms. The molecule has 0 N–H and O–H groups in total. The molecule has 1 saturated heterocycles. The molecule has 2 unspecified atom stereocenters. The summed E-state index contributed by atoms with van der Waals surface area (Å²) in [5.74, 6) is 0.749. The van der Waals surface area contributed by atoms with Gasteiger partial charge in [0.05, 0.1) is 0 Å². The van der Waals surface area contributed by atoms with E-state index in [9.17, 15) is 0 Å². The summed E-state index contributed by atoms with van der Waals surface area (Å²) in [6.07, 6.45) is 8.98. The summed E-state index contributed by atoms with van der Waals surface area (Å²) in [4.78, 5) is 9.23. The van der Waals surface area contributed by atoms with E-state index in [0.29, 0.717) is 0 Å². The van der Waals surface area contributed by atoms with Crippen LogP contribution in [0.15, 0.2) is 12.7 Å². The third-order valence-corrected chi connectivity index (χ3v) is 4.76. The summed E-state index contributed by atoms with van der Waals surface area (Å²) in [6.45, 7) is 5.93. The zero-order chi connectivity index (χ0) is 13.1. The molecule has 1 aliphatic heterocycles. The smallest absolute Gasteiger partial charge is 0.137 e. The van der Waals surface area contributed by atoms with Gasteiger partial charge in [-0.25, -0.2) is 4.98 Å². The second-order valence-electron chi connectivity index (χ2n) is 6.07. The molecule has 2 atom stereocenters. The second-order valence-corrected chi connectivity index (χ2v) is 6.07. The number of rotatable bonds is 3. The van der Waals surface area contributed by atoms with Crippen molar-refractivity contribution >= 4 is 0 Å². The highest BCUT2D eigenvalue weighted by Crippen LogP contribution is 2.30. The predicted octanol–water partition coefficient (Wildman–Crippen LogP) is 1.08. The molecule has 1 aliphatic carbocycles. The third-order valence-electron chi connectivity index (χ3n) is 4.76. The van der Waals surface area contributed by atoms with E-state index in [1.54, 1.807) is 6.33 Å². The standard InChI is InChI=1S/C14H25N5/c1-17-6-8-18(9-7-17)14-5-3-2-4-13(14)10-19-12-15-11-16-19/h11-14H,2-10H2,1H3. The molecule has 0 amide bonds. The lowest BCUT2D eigenvalue weighted by Gasteiger charge is -2.43. The number of piperazine rings is 1. The van der Waals surface area contributed by atoms with Crippen LogP contribution in [0.1, 0.15) is 25.7 Å². The van der Waals surface area contributed by atoms with E-state index in [0.717, 1.165) is 18.5 Å². The topological polar surface area (TPSA) is 37.2 Å². The lowest BCUT2D eigenvalue weighted by Crippen LogP contribution is -2.52. The minimum atomic E-state index is 0.749. The minimum Gasteiger partial charge on any atom is -0.304 e. The van der Waals surface area contributed by atoms with Crippen molar-refractivity contribution in [2.75, 3.05) is 33.2 Å². The summed E-state index contributed by atoms with van der Waals surface area (Å²) >= 11 is 0. The monoisotopic (exact) mass is 263 g/mol. The van der Waals surface area contributed by atoms with Gasteiger partial charge in [0.25, 0.3) is 0 Å². The number of hydrogen-bond donors (Lipinski definition) is 0. The van der Waals surface area contributed by atoms with Gasteiger partial charge in [0.15, 0.2) is 0 Å². The van der Waals surface area contributed by atoms with Gasteiger partial charge in [0, 0.05) is 38.8 Å². The first-order chi connectivity index (χ1) is 9.33. The van der Waals surface area contributed by atoms with Gasteiger partial charge >= 0.3 is 0 Å². The van der Waals surface area contributed by atoms with Crippen molar-refractivity contribution < 1.29 is 0 Å². The van der Waals surface area contributed by atoms with Crippen LogP contribution in [-0.2, 0) is 6.54 Å². The Labute approximate surface area is 115 Å². The minimum absolute atomic E-state index is 0.749. The summed E-state index contributed by atoms with van der Waals surface area (Å²) in [5.41, 5.74) is 0. The third kappa shape index (κ3) is 3.15. The van der Waals surface area contributed by atoms with E-state index in [1.165, 1.54) is 51.9 Å². The first-order valence-electron chi connectivity index (χ1n) is 7.58. The van der Waals surface area contributed by atoms with Gasteiger partial charge in [-0.3, -0.25) is 9.58 Å². The first kappa shape index (κ1) is 13.1. The fraction of sp³-hybridized carbons (Fsp3) is 0.857. The molecule has 5 nitrogen and oxygen atoms in total. The van der Waals surface area contributed by atoms with E-state index in [1.807, 2.05) is 11.0 Å². The summed E-state index contributed by atoms with van der Waals surface area (Å²) in [6, 6.07) is 0.756. The van der Waals surface area contributed by atoms with Crippen LogP contribution in [-0.4, -0.2) is 63.8 Å². The van der Waals surface area contributed by atoms with Crippen LogP contribution in [0, 0.1) is 5.92 Å². The van der Waals surface area contributed by atoms with Crippen molar-refractivity contribution in [2.24, 2.45) is 5.92 Å². The highest BCUT2D eigenvalue weighted by atomic mass is 15.3. The van der Waals surface area contributed by atoms with E-state index in [4.69, 9.17) is 0 Å². The average Bonchev–Trinajstić information content (AvgIpc) is 2.93. The molecular weight excluding hydrogens is 238 g/mol. The maximum Gasteiger partial charge on any atom is 0.137 e. The highest BCUT2D eigenvalue weighted by molar-refractivity contribution is 4.86. The Morgan fingerprint density at radius 1 is 1.11 bits per heavy atom. The van der Waals surface area contributed by atoms with Crippen LogP contribution in [0.25, 0.3) is 0 Å². The molecule has 19 heavy (non-hydrogen) atoms. The van der Waals surface area contributed by atoms with Gasteiger partial charge in [0.2, 0.25) is 0 Å². The zero-order valence-corrected chi connectivity index (χ0v) is 11.9. The summed E-state index contributed by atoms with van der Waals surface area (Å²) in [5, 5.41) is 4.28. The van der Waals surface area contributed by atoms with Crippen molar-refractivity contribution in [3.63, 3.8) is 0 Å². The van der Waals surface area contributed by atoms with Crippen LogP contribution in [0.3, 0.4) is 0 Å². The normalized spacial score (nSPS) is 30.6. The molecular formula is C14H25N5. The summed E-state index contributed by atoms with van der Waals surface area (Å²) < 4.78 is 2.01. The lowest BCUT2D eigenvalue weighted by molar-refractivity contribution is 0.0509. The fourth-order valence-electron chi connectivity index (χ4n) is 3.60. The van der Waals surface area contributed by atoms with Gasteiger partial charge in [-0.1, -0.05) is 12.8 Å². The van der Waals surface area contributed by atoms with Crippen LogP contribution in [0.5, 0.6) is 0 Å². The van der Waals surface area contributed by atoms with Crippen molar-refractivity contribution in [1.82, 2.24) is 24.6 Å². The molecule has 106 valence electrons. The van der Waals surface area contributed by atoms with E-state index < -0.39 is 0 Å². The molecule has 0 spiro atoms. The molecule has 1 aromatic rings. The largest absolute Gasteiger partial charge is 0.304 e. The molecule has 1 saturated carbocycles. The maximum absolute atomic E-state index is 4.28. The van der Waals surface area contributed by atoms with Crippen molar-refractivity contribution in [2.45, 2.75) is 38.3 Å². The van der Waals surface area contributed by atoms with Crippen LogP contribution < -0.4 is 0 Å². The number of likely N-dealkylation sites (N-methyl/N-ethyl adjacent to an activating group) is 1. The Morgan fingerprint density at radius 2 is 1.89 bits per heavy atom. The number of nitrogens with zero attached hydrogens (tertiary/aromatic N) is 5. The first-order valence-corrected chi connectivity index (χ1v) is 7.58. The average molecular weight is 263 g/mol. The van der Waals surface area contributed by atoms with Crippen LogP contribution in [0.4, 0.5) is 0 Å². The van der Waals surface area contributed by atoms with Crippen LogP contribution >= 0.6 is 0 Å². The quantitative estimate of drug-likeness (QED) is 0.818. The Bertz CT molecular complexity index is 369. The zero-order valence-electron chi connectivity index (χ0n) is 11.9. The predicted molar refractivity (Wildman–Crippen MR) is 74.8 cm³/mol. The molecule has 2 aliphatic rings. The van der Waals surface area contributed by atoms with Crippen LogP contribution in [0.2, 0.25) is 0 Å². The lowest BCUT2D eigenvalue weighted by atomic mass is 9.83. The fourth-order valence-corrected chi connectivity index (χ4v) is 3.60. The Morgan fingerprint density at radius 3 is 2.63 bits per heavy atom. The van der Waals surface area contributed by atoms with Gasteiger partial charge in [-0.15, -0.1) is 0 Å². The molecule has 0 aromatic carbocycles. The molecule has 2 heterocycles. The van der Waals surface area contributed by atoms with Gasteiger partial charge < -0.3 is 4.90 Å². The SMILES string of the molecule is CN1CCN(C2CCCCC2Cn2cncn2)CC1. The van der Waals surface area contributed by atoms with E-state index in [2.05, 4.69) is 26.9 Å². The van der Waals surface area contributed by atoms with Crippen molar-refractivity contribution in [3.05, 3.63) is 12.7 Å². The van der Waals surface area contributed by atoms with Gasteiger partial charge in [0.1, 0.15) is 12.7 Å². The van der Waals surface area contributed by atoms with Gasteiger partial charge in [-0.2, -0.15) is 5.10 Å². The summed E-state index contributed by atoms with van der Waals surface area (Å²) in [7, 11) is 2.23. The second kappa shape index (κ2) is 6.01. The van der Waals surface area contributed by atoms with Crippen molar-refractivity contribution in [1.29, 1.82) is 0 Å². The Kier molecular flexibility index (Phi) is 4.13. The highest BCUT2D eigenvalue weighted by Gasteiger charge is 2.31. The molecule has 3 rings (SSSR count). The molecule has 1 aromatic heterocycles. The van der Waals surface area contributed by atoms with Gasteiger partial charge in [-0.05, 0) is 25.8 Å². The number of hydrogen-bond acceptors (Lipinski definition) is 4. The Hall–Kier alpha value is -0.940. The molecule has 2 fully saturated rings. The maximum atomic E-state index is 4.28. The molecule has 0 radical (unpaired) electrons. The van der Waals surface area contributed by atoms with E-state index >= 15 is 0 Å².